The zero-order chi connectivity index (χ0) is 20.1. The summed E-state index contributed by atoms with van der Waals surface area (Å²) in [5.41, 5.74) is 2.68. The smallest absolute Gasteiger partial charge is 0.0602 e. The molecule has 3 heteroatoms. The number of benzene rings is 2. The van der Waals surface area contributed by atoms with E-state index in [0.717, 1.165) is 31.2 Å². The second kappa shape index (κ2) is 13.8. The molecular weight excluding hydrogens is 352 g/mol. The average molecular weight is 389 g/mol. The molecule has 1 aliphatic rings. The second-order valence-corrected chi connectivity index (χ2v) is 6.68. The van der Waals surface area contributed by atoms with Crippen molar-refractivity contribution in [2.45, 2.75) is 47.1 Å². The van der Waals surface area contributed by atoms with Crippen molar-refractivity contribution in [2.75, 3.05) is 32.7 Å². The van der Waals surface area contributed by atoms with Gasteiger partial charge in [-0.1, -0.05) is 88.7 Å². The van der Waals surface area contributed by atoms with E-state index in [1.807, 2.05) is 39.8 Å². The zero-order valence-electron chi connectivity index (χ0n) is 17.8. The second-order valence-electron chi connectivity index (χ2n) is 6.24. The molecule has 0 amide bonds. The van der Waals surface area contributed by atoms with Gasteiger partial charge in [-0.3, -0.25) is 4.90 Å². The Morgan fingerprint density at radius 1 is 0.778 bits per heavy atom. The van der Waals surface area contributed by atoms with E-state index >= 15 is 0 Å². The van der Waals surface area contributed by atoms with E-state index in [1.165, 1.54) is 24.1 Å². The molecule has 0 saturated carbocycles. The molecule has 1 fully saturated rings. The summed E-state index contributed by atoms with van der Waals surface area (Å²) in [6.07, 6.45) is 1.24. The highest BCUT2D eigenvalue weighted by Crippen LogP contribution is 2.30. The van der Waals surface area contributed by atoms with Crippen LogP contribution >= 0.6 is 11.6 Å². The van der Waals surface area contributed by atoms with Crippen LogP contribution in [0.1, 0.15) is 58.2 Å². The first-order valence-corrected chi connectivity index (χ1v) is 10.9. The lowest BCUT2D eigenvalue weighted by Crippen LogP contribution is -2.47. The van der Waals surface area contributed by atoms with Crippen molar-refractivity contribution >= 4 is 11.6 Å². The van der Waals surface area contributed by atoms with E-state index in [1.54, 1.807) is 0 Å². The van der Waals surface area contributed by atoms with Gasteiger partial charge in [-0.15, -0.1) is 0 Å². The van der Waals surface area contributed by atoms with Crippen LogP contribution < -0.4 is 0 Å². The maximum Gasteiger partial charge on any atom is 0.0602 e. The fourth-order valence-corrected chi connectivity index (χ4v) is 3.58. The molecule has 2 nitrogen and oxygen atoms in total. The molecule has 150 valence electrons. The number of nitrogens with zero attached hydrogens (tertiary/aromatic N) is 2. The highest BCUT2D eigenvalue weighted by Gasteiger charge is 2.25. The van der Waals surface area contributed by atoms with Crippen LogP contribution in [0.2, 0.25) is 5.02 Å². The van der Waals surface area contributed by atoms with Crippen LogP contribution in [0.3, 0.4) is 0 Å². The van der Waals surface area contributed by atoms with Gasteiger partial charge in [0.15, 0.2) is 0 Å². The Bertz CT molecular complexity index is 590. The predicted molar refractivity (Wildman–Crippen MR) is 121 cm³/mol. The first-order valence-electron chi connectivity index (χ1n) is 10.5. The standard InChI is InChI=1S/C20H25ClN2.2C2H6/c1-2-12-22-13-15-23(16-14-22)20(17-6-4-3-5-7-17)18-8-10-19(21)11-9-18;2*1-2/h3-11,20H,2,12-16H2,1H3;2*1-2H3. The van der Waals surface area contributed by atoms with Crippen molar-refractivity contribution in [2.24, 2.45) is 0 Å². The van der Waals surface area contributed by atoms with Crippen LogP contribution in [-0.2, 0) is 0 Å². The number of hydrogen-bond acceptors (Lipinski definition) is 2. The number of piperazine rings is 1. The van der Waals surface area contributed by atoms with Crippen LogP contribution in [0.15, 0.2) is 54.6 Å². The Morgan fingerprint density at radius 2 is 1.30 bits per heavy atom. The fourth-order valence-electron chi connectivity index (χ4n) is 3.46. The van der Waals surface area contributed by atoms with Crippen LogP contribution in [0.25, 0.3) is 0 Å². The topological polar surface area (TPSA) is 6.48 Å². The molecule has 2 aromatic rings. The third-order valence-corrected chi connectivity index (χ3v) is 4.86. The number of hydrogen-bond donors (Lipinski definition) is 0. The van der Waals surface area contributed by atoms with Gasteiger partial charge in [0.1, 0.15) is 0 Å². The molecule has 1 unspecified atom stereocenters. The lowest BCUT2D eigenvalue weighted by Gasteiger charge is -2.39. The highest BCUT2D eigenvalue weighted by atomic mass is 35.5. The minimum absolute atomic E-state index is 0.317. The van der Waals surface area contributed by atoms with E-state index < -0.39 is 0 Å². The van der Waals surface area contributed by atoms with E-state index in [-0.39, 0.29) is 0 Å². The first-order chi connectivity index (χ1) is 13.3. The van der Waals surface area contributed by atoms with Gasteiger partial charge in [0.25, 0.3) is 0 Å². The summed E-state index contributed by atoms with van der Waals surface area (Å²) in [6.45, 7) is 16.0. The molecule has 27 heavy (non-hydrogen) atoms. The molecule has 2 aromatic carbocycles. The highest BCUT2D eigenvalue weighted by molar-refractivity contribution is 6.30. The molecule has 0 radical (unpaired) electrons. The van der Waals surface area contributed by atoms with E-state index in [9.17, 15) is 0 Å². The quantitative estimate of drug-likeness (QED) is 0.576. The van der Waals surface area contributed by atoms with Crippen molar-refractivity contribution in [3.05, 3.63) is 70.7 Å². The van der Waals surface area contributed by atoms with Crippen molar-refractivity contribution in [3.8, 4) is 0 Å². The zero-order valence-corrected chi connectivity index (χ0v) is 18.5. The molecule has 0 bridgehead atoms. The van der Waals surface area contributed by atoms with E-state index in [4.69, 9.17) is 11.6 Å². The lowest BCUT2D eigenvalue weighted by atomic mass is 9.96. The molecule has 0 aromatic heterocycles. The monoisotopic (exact) mass is 388 g/mol. The average Bonchev–Trinajstić information content (AvgIpc) is 2.75. The Kier molecular flexibility index (Phi) is 12.1. The molecule has 0 spiro atoms. The van der Waals surface area contributed by atoms with Gasteiger partial charge in [-0.2, -0.15) is 0 Å². The maximum atomic E-state index is 6.08. The summed E-state index contributed by atoms with van der Waals surface area (Å²) in [6, 6.07) is 19.5. The van der Waals surface area contributed by atoms with E-state index in [2.05, 4.69) is 59.2 Å². The van der Waals surface area contributed by atoms with Gasteiger partial charge in [0, 0.05) is 31.2 Å². The van der Waals surface area contributed by atoms with Crippen LogP contribution in [0.4, 0.5) is 0 Å². The lowest BCUT2D eigenvalue weighted by molar-refractivity contribution is 0.109. The number of halogens is 1. The van der Waals surface area contributed by atoms with E-state index in [0.29, 0.717) is 6.04 Å². The summed E-state index contributed by atoms with van der Waals surface area (Å²) in [4.78, 5) is 5.17. The summed E-state index contributed by atoms with van der Waals surface area (Å²) in [7, 11) is 0. The van der Waals surface area contributed by atoms with Crippen molar-refractivity contribution < 1.29 is 0 Å². The predicted octanol–water partition coefficient (Wildman–Crippen LogP) is 6.51. The Balaban J connectivity index is 0.000000855. The van der Waals surface area contributed by atoms with Gasteiger partial charge >= 0.3 is 0 Å². The molecule has 1 heterocycles. The Hall–Kier alpha value is -1.35. The van der Waals surface area contributed by atoms with Gasteiger partial charge in [0.2, 0.25) is 0 Å². The van der Waals surface area contributed by atoms with Crippen molar-refractivity contribution in [1.29, 1.82) is 0 Å². The SMILES string of the molecule is CC.CC.CCCN1CCN(C(c2ccccc2)c2ccc(Cl)cc2)CC1. The maximum absolute atomic E-state index is 6.08. The molecular formula is C24H37ClN2. The molecule has 3 rings (SSSR count). The minimum Gasteiger partial charge on any atom is -0.301 e. The molecule has 0 N–H and O–H groups in total. The summed E-state index contributed by atoms with van der Waals surface area (Å²) in [5, 5.41) is 0.799. The molecule has 1 atom stereocenters. The Morgan fingerprint density at radius 3 is 1.81 bits per heavy atom. The van der Waals surface area contributed by atoms with Gasteiger partial charge in [-0.05, 0) is 36.2 Å². The Labute approximate surface area is 172 Å². The first kappa shape index (κ1) is 23.7. The van der Waals surface area contributed by atoms with Gasteiger partial charge in [-0.25, -0.2) is 0 Å². The third kappa shape index (κ3) is 7.29. The summed E-state index contributed by atoms with van der Waals surface area (Å²) < 4.78 is 0. The van der Waals surface area contributed by atoms with Crippen molar-refractivity contribution in [1.82, 2.24) is 9.80 Å². The third-order valence-electron chi connectivity index (χ3n) is 4.61. The van der Waals surface area contributed by atoms with Crippen molar-refractivity contribution in [3.63, 3.8) is 0 Å². The van der Waals surface area contributed by atoms with Crippen LogP contribution in [0, 0.1) is 0 Å². The molecule has 1 saturated heterocycles. The summed E-state index contributed by atoms with van der Waals surface area (Å²) in [5.74, 6) is 0. The largest absolute Gasteiger partial charge is 0.301 e. The molecule has 1 aliphatic heterocycles. The summed E-state index contributed by atoms with van der Waals surface area (Å²) >= 11 is 6.08. The van der Waals surface area contributed by atoms with Gasteiger partial charge in [0.05, 0.1) is 6.04 Å². The normalized spacial score (nSPS) is 15.8. The minimum atomic E-state index is 0.317. The molecule has 0 aliphatic carbocycles. The van der Waals surface area contributed by atoms with Gasteiger partial charge < -0.3 is 4.90 Å². The fraction of sp³-hybridized carbons (Fsp3) is 0.500. The van der Waals surface area contributed by atoms with Crippen LogP contribution in [-0.4, -0.2) is 42.5 Å². The van der Waals surface area contributed by atoms with Crippen LogP contribution in [0.5, 0.6) is 0 Å². The number of rotatable bonds is 5.